The standard InChI is InChI=1S/C44H62N8O5S/c1-10-33(40(45-11-2)29(4)56-9)41-35-22-43(6,7)27-57-28-44(26-53)16-13-17-52(48-44)42(55)36(46-23-32-24-50(30(5)54)19-18-49(32)8)21-39-47-37(25-58-39)31-14-15-38(34(35)20-31)51(41)12-3/h10-11,14-15,20,25-26,29,32,36,46,48H,1,12-13,16-19,21-24,27-28H2,2-9H3/b40-33+,45-11-/t29-,32?,36-,44-/m0/s1. The van der Waals surface area contributed by atoms with Crippen LogP contribution in [-0.4, -0.2) is 132 Å². The van der Waals surface area contributed by atoms with Gasteiger partial charge in [0.05, 0.1) is 47.5 Å². The molecule has 1 aromatic carbocycles. The number of aryl methyl sites for hydroxylation is 1. The number of piperazine rings is 1. The number of hydrogen-bond donors (Lipinski definition) is 2. The first-order valence-corrected chi connectivity index (χ1v) is 21.5. The third-order valence-electron chi connectivity index (χ3n) is 11.9. The Hall–Kier alpha value is -4.05. The molecule has 2 amide bonds. The second-order valence-electron chi connectivity index (χ2n) is 16.8. The summed E-state index contributed by atoms with van der Waals surface area (Å²) in [6.45, 7) is 20.6. The number of nitrogens with one attached hydrogen (secondary N) is 2. The summed E-state index contributed by atoms with van der Waals surface area (Å²) in [7, 11) is 3.75. The SMILES string of the molecule is C=C/C(=C(\N=C/C)[C@H](C)OC)c1c2c3cc(ccc3n1CC)-c1csc(n1)C[C@H](NCC1CN(C(C)=O)CCN1C)C(=O)N1CCC[C@](C=O)(COCC(C)(C)C2)N1. The van der Waals surface area contributed by atoms with Gasteiger partial charge in [0.2, 0.25) is 5.91 Å². The van der Waals surface area contributed by atoms with Crippen LogP contribution in [0, 0.1) is 5.41 Å². The number of thiazole rings is 1. The van der Waals surface area contributed by atoms with Crippen LogP contribution in [0.25, 0.3) is 27.7 Å². The van der Waals surface area contributed by atoms with Gasteiger partial charge in [-0.05, 0) is 70.2 Å². The Kier molecular flexibility index (Phi) is 13.9. The molecule has 314 valence electrons. The van der Waals surface area contributed by atoms with Crippen LogP contribution in [0.3, 0.4) is 0 Å². The lowest BCUT2D eigenvalue weighted by atomic mass is 9.84. The first-order chi connectivity index (χ1) is 27.8. The van der Waals surface area contributed by atoms with Crippen LogP contribution < -0.4 is 10.7 Å². The van der Waals surface area contributed by atoms with Crippen LogP contribution >= 0.6 is 11.3 Å². The van der Waals surface area contributed by atoms with E-state index in [1.165, 1.54) is 0 Å². The van der Waals surface area contributed by atoms with Crippen molar-refractivity contribution in [1.82, 2.24) is 35.1 Å². The van der Waals surface area contributed by atoms with E-state index in [0.717, 1.165) is 69.1 Å². The van der Waals surface area contributed by atoms with Gasteiger partial charge in [0.1, 0.15) is 11.8 Å². The molecule has 0 aliphatic carbocycles. The molecule has 0 radical (unpaired) electrons. The van der Waals surface area contributed by atoms with E-state index in [1.54, 1.807) is 36.6 Å². The molecule has 58 heavy (non-hydrogen) atoms. The number of benzene rings is 1. The predicted molar refractivity (Wildman–Crippen MR) is 232 cm³/mol. The van der Waals surface area contributed by atoms with Crippen molar-refractivity contribution < 1.29 is 23.9 Å². The molecule has 6 rings (SSSR count). The summed E-state index contributed by atoms with van der Waals surface area (Å²) in [6.07, 6.45) is 6.55. The predicted octanol–water partition coefficient (Wildman–Crippen LogP) is 5.13. The highest BCUT2D eigenvalue weighted by molar-refractivity contribution is 7.10. The first kappa shape index (κ1) is 43.5. The highest BCUT2D eigenvalue weighted by Gasteiger charge is 2.40. The number of aliphatic imine (C=N–C) groups is 1. The van der Waals surface area contributed by atoms with Gasteiger partial charge in [-0.3, -0.25) is 24.5 Å². The van der Waals surface area contributed by atoms with Crippen molar-refractivity contribution >= 4 is 52.1 Å². The number of aromatic nitrogens is 2. The molecule has 2 aromatic heterocycles. The van der Waals surface area contributed by atoms with E-state index < -0.39 is 11.6 Å². The number of likely N-dealkylation sites (N-methyl/N-ethyl adjacent to an activating group) is 1. The monoisotopic (exact) mass is 814 g/mol. The van der Waals surface area contributed by atoms with E-state index >= 15 is 0 Å². The average molecular weight is 815 g/mol. The number of nitrogens with zero attached hydrogens (tertiary/aromatic N) is 6. The molecule has 14 heteroatoms. The van der Waals surface area contributed by atoms with Gasteiger partial charge in [-0.2, -0.15) is 0 Å². The van der Waals surface area contributed by atoms with Gasteiger partial charge < -0.3 is 29.1 Å². The quantitative estimate of drug-likeness (QED) is 0.162. The summed E-state index contributed by atoms with van der Waals surface area (Å²) < 4.78 is 14.7. The highest BCUT2D eigenvalue weighted by atomic mass is 32.1. The number of carbonyl (C=O) groups excluding carboxylic acids is 3. The summed E-state index contributed by atoms with van der Waals surface area (Å²) >= 11 is 1.54. The Bertz CT molecular complexity index is 2050. The van der Waals surface area contributed by atoms with Crippen LogP contribution in [0.5, 0.6) is 0 Å². The number of hydrogen-bond acceptors (Lipinski definition) is 11. The number of allylic oxidation sites excluding steroid dienone is 2. The van der Waals surface area contributed by atoms with Crippen LogP contribution in [0.15, 0.2) is 46.9 Å². The van der Waals surface area contributed by atoms with E-state index in [-0.39, 0.29) is 36.0 Å². The molecule has 2 N–H and O–H groups in total. The molecule has 1 unspecified atom stereocenters. The molecule has 3 aliphatic rings. The third kappa shape index (κ3) is 9.22. The lowest BCUT2D eigenvalue weighted by Crippen LogP contribution is -2.66. The van der Waals surface area contributed by atoms with E-state index in [1.807, 2.05) is 24.8 Å². The minimum absolute atomic E-state index is 0.0331. The second-order valence-corrected chi connectivity index (χ2v) is 17.7. The van der Waals surface area contributed by atoms with Gasteiger partial charge in [0, 0.05) is 99.4 Å². The summed E-state index contributed by atoms with van der Waals surface area (Å²) in [5.41, 5.74) is 8.76. The average Bonchev–Trinajstić information content (AvgIpc) is 3.80. The van der Waals surface area contributed by atoms with Crippen molar-refractivity contribution in [2.75, 3.05) is 60.1 Å². The molecule has 13 nitrogen and oxygen atoms in total. The van der Waals surface area contributed by atoms with E-state index in [2.05, 4.69) is 78.2 Å². The molecule has 4 atom stereocenters. The zero-order valence-electron chi connectivity index (χ0n) is 35.6. The number of methoxy groups -OCH3 is 1. The van der Waals surface area contributed by atoms with E-state index in [9.17, 15) is 14.4 Å². The molecule has 3 aromatic rings. The van der Waals surface area contributed by atoms with Crippen molar-refractivity contribution in [3.8, 4) is 11.3 Å². The van der Waals surface area contributed by atoms with Crippen molar-refractivity contribution in [2.24, 2.45) is 10.4 Å². The smallest absolute Gasteiger partial charge is 0.254 e. The third-order valence-corrected chi connectivity index (χ3v) is 12.8. The zero-order chi connectivity index (χ0) is 41.8. The van der Waals surface area contributed by atoms with E-state index in [0.29, 0.717) is 58.5 Å². The van der Waals surface area contributed by atoms with Crippen molar-refractivity contribution in [1.29, 1.82) is 0 Å². The van der Waals surface area contributed by atoms with Crippen LogP contribution in [0.2, 0.25) is 0 Å². The molecule has 2 saturated heterocycles. The topological polar surface area (TPSA) is 134 Å². The Morgan fingerprint density at radius 1 is 1.26 bits per heavy atom. The van der Waals surface area contributed by atoms with Crippen molar-refractivity contribution in [3.63, 3.8) is 0 Å². The molecule has 0 spiro atoms. The van der Waals surface area contributed by atoms with Crippen LogP contribution in [-0.2, 0) is 43.2 Å². The van der Waals surface area contributed by atoms with Crippen molar-refractivity contribution in [3.05, 3.63) is 58.2 Å². The van der Waals surface area contributed by atoms with E-state index in [4.69, 9.17) is 19.5 Å². The maximum Gasteiger partial charge on any atom is 0.254 e. The maximum atomic E-state index is 14.5. The fourth-order valence-electron chi connectivity index (χ4n) is 8.60. The molecule has 5 heterocycles. The number of ether oxygens (including phenoxy) is 2. The Morgan fingerprint density at radius 3 is 2.74 bits per heavy atom. The van der Waals surface area contributed by atoms with Crippen LogP contribution in [0.1, 0.15) is 70.6 Å². The number of carbonyl (C=O) groups is 3. The van der Waals surface area contributed by atoms with Crippen molar-refractivity contribution in [2.45, 2.75) is 97.5 Å². The number of hydrazine groups is 1. The van der Waals surface area contributed by atoms with Gasteiger partial charge in [-0.15, -0.1) is 11.3 Å². The minimum atomic E-state index is -1.06. The lowest BCUT2D eigenvalue weighted by Gasteiger charge is -2.42. The molecular weight excluding hydrogens is 753 g/mol. The summed E-state index contributed by atoms with van der Waals surface area (Å²) in [5.74, 6) is -0.0957. The number of aldehydes is 1. The molecular formula is C44H62N8O5S. The van der Waals surface area contributed by atoms with Gasteiger partial charge in [0.25, 0.3) is 5.91 Å². The Balaban J connectivity index is 1.46. The Labute approximate surface area is 347 Å². The molecule has 0 saturated carbocycles. The number of rotatable bonds is 10. The Morgan fingerprint density at radius 2 is 2.05 bits per heavy atom. The molecule has 2 fully saturated rings. The lowest BCUT2D eigenvalue weighted by molar-refractivity contribution is -0.145. The summed E-state index contributed by atoms with van der Waals surface area (Å²) in [6, 6.07) is 5.96. The normalized spacial score (nSPS) is 24.4. The maximum absolute atomic E-state index is 14.5. The van der Waals surface area contributed by atoms with Gasteiger partial charge in [-0.1, -0.05) is 32.6 Å². The van der Waals surface area contributed by atoms with Gasteiger partial charge in [0.15, 0.2) is 0 Å². The molecule has 6 bridgehead atoms. The number of amides is 2. The van der Waals surface area contributed by atoms with Gasteiger partial charge >= 0.3 is 0 Å². The highest BCUT2D eigenvalue weighted by Crippen LogP contribution is 2.40. The van der Waals surface area contributed by atoms with Crippen LogP contribution in [0.4, 0.5) is 0 Å². The van der Waals surface area contributed by atoms with Gasteiger partial charge in [-0.25, -0.2) is 10.4 Å². The minimum Gasteiger partial charge on any atom is -0.378 e. The first-order valence-electron chi connectivity index (χ1n) is 20.6. The molecule has 3 aliphatic heterocycles. The summed E-state index contributed by atoms with van der Waals surface area (Å²) in [4.78, 5) is 53.8. The fourth-order valence-corrected chi connectivity index (χ4v) is 9.45. The summed E-state index contributed by atoms with van der Waals surface area (Å²) in [5, 5.41) is 9.19. The zero-order valence-corrected chi connectivity index (χ0v) is 36.4. The largest absolute Gasteiger partial charge is 0.378 e. The number of fused-ring (bicyclic) bond motifs is 6. The fraction of sp³-hybridized carbons (Fsp3) is 0.568. The second kappa shape index (κ2) is 18.5.